The molecule has 5 nitrogen and oxygen atoms in total. The molecule has 3 rings (SSSR count). The monoisotopic (exact) mass is 274 g/mol. The summed E-state index contributed by atoms with van der Waals surface area (Å²) < 4.78 is 12.2. The Morgan fingerprint density at radius 1 is 1.30 bits per heavy atom. The van der Waals surface area contributed by atoms with Gasteiger partial charge in [-0.2, -0.15) is 4.73 Å². The number of nitrogens with zero attached hydrogens (tertiary/aromatic N) is 2. The topological polar surface area (TPSA) is 48.6 Å². The molecule has 0 N–H and O–H groups in total. The normalized spacial score (nSPS) is 18.1. The smallest absolute Gasteiger partial charge is 0.223 e. The van der Waals surface area contributed by atoms with Crippen LogP contribution in [0, 0.1) is 5.21 Å². The van der Waals surface area contributed by atoms with Crippen LogP contribution in [0.25, 0.3) is 10.9 Å². The van der Waals surface area contributed by atoms with Gasteiger partial charge >= 0.3 is 0 Å². The molecule has 1 saturated heterocycles. The Kier molecular flexibility index (Phi) is 3.71. The second-order valence-electron chi connectivity index (χ2n) is 4.92. The van der Waals surface area contributed by atoms with Crippen LogP contribution in [-0.2, 0) is 4.74 Å². The number of rotatable bonds is 3. The van der Waals surface area contributed by atoms with Crippen molar-refractivity contribution < 1.29 is 14.2 Å². The van der Waals surface area contributed by atoms with Gasteiger partial charge in [0.05, 0.1) is 18.6 Å². The number of aromatic nitrogens is 1. The number of morpholine rings is 1. The number of hydrogen-bond acceptors (Lipinski definition) is 4. The van der Waals surface area contributed by atoms with Gasteiger partial charge in [-0.25, -0.2) is 0 Å². The summed E-state index contributed by atoms with van der Waals surface area (Å²) in [5, 5.41) is 12.5. The van der Waals surface area contributed by atoms with Crippen LogP contribution >= 0.6 is 0 Å². The van der Waals surface area contributed by atoms with Crippen LogP contribution in [0.2, 0.25) is 0 Å². The van der Waals surface area contributed by atoms with Gasteiger partial charge in [0.1, 0.15) is 12.0 Å². The minimum absolute atomic E-state index is 0.000521. The van der Waals surface area contributed by atoms with Crippen LogP contribution in [0.15, 0.2) is 36.5 Å². The average molecular weight is 274 g/mol. The van der Waals surface area contributed by atoms with Crippen molar-refractivity contribution in [1.29, 1.82) is 0 Å². The molecule has 1 aromatic heterocycles. The Morgan fingerprint density at radius 2 is 2.10 bits per heavy atom. The zero-order valence-corrected chi connectivity index (χ0v) is 11.5. The molecule has 1 aliphatic rings. The zero-order chi connectivity index (χ0) is 13.9. The molecule has 20 heavy (non-hydrogen) atoms. The zero-order valence-electron chi connectivity index (χ0n) is 11.5. The quantitative estimate of drug-likeness (QED) is 0.629. The van der Waals surface area contributed by atoms with Crippen molar-refractivity contribution in [3.05, 3.63) is 41.7 Å². The molecule has 0 saturated carbocycles. The highest BCUT2D eigenvalue weighted by Crippen LogP contribution is 2.20. The molecule has 2 aromatic rings. The van der Waals surface area contributed by atoms with Gasteiger partial charge in [-0.3, -0.25) is 4.90 Å². The van der Waals surface area contributed by atoms with Crippen molar-refractivity contribution in [2.24, 2.45) is 0 Å². The third-order valence-corrected chi connectivity index (χ3v) is 3.60. The summed E-state index contributed by atoms with van der Waals surface area (Å²) in [6.07, 6.45) is 1.50. The summed E-state index contributed by atoms with van der Waals surface area (Å²) >= 11 is 0. The number of ether oxygens (including phenoxy) is 2. The maximum Gasteiger partial charge on any atom is 0.223 e. The lowest BCUT2D eigenvalue weighted by molar-refractivity contribution is -0.577. The van der Waals surface area contributed by atoms with Gasteiger partial charge in [0.25, 0.3) is 0 Å². The lowest BCUT2D eigenvalue weighted by Gasteiger charge is -2.32. The van der Waals surface area contributed by atoms with Gasteiger partial charge in [-0.15, -0.1) is 0 Å². The van der Waals surface area contributed by atoms with Crippen molar-refractivity contribution in [2.75, 3.05) is 26.3 Å². The summed E-state index contributed by atoms with van der Waals surface area (Å²) in [6.45, 7) is 5.31. The molecular weight excluding hydrogens is 256 g/mol. The standard InChI is InChI=1S/C15H18N2O3/c1-12(16-7-9-19-10-8-16)20-14-4-5-15-13(11-14)3-2-6-17(15)18/h2-6,11-12H,7-10H2,1H3. The van der Waals surface area contributed by atoms with Crippen molar-refractivity contribution >= 4 is 10.9 Å². The van der Waals surface area contributed by atoms with Gasteiger partial charge in [-0.1, -0.05) is 0 Å². The molecule has 1 aliphatic heterocycles. The van der Waals surface area contributed by atoms with Crippen molar-refractivity contribution in [3.8, 4) is 5.75 Å². The fourth-order valence-electron chi connectivity index (χ4n) is 2.46. The first-order valence-electron chi connectivity index (χ1n) is 6.84. The van der Waals surface area contributed by atoms with Gasteiger partial charge in [0.15, 0.2) is 6.20 Å². The average Bonchev–Trinajstić information content (AvgIpc) is 2.48. The van der Waals surface area contributed by atoms with E-state index in [1.807, 2.05) is 25.1 Å². The Morgan fingerprint density at radius 3 is 2.90 bits per heavy atom. The van der Waals surface area contributed by atoms with Crippen LogP contribution in [0.3, 0.4) is 0 Å². The summed E-state index contributed by atoms with van der Waals surface area (Å²) in [6, 6.07) is 9.19. The molecule has 0 radical (unpaired) electrons. The Labute approximate surface area is 117 Å². The lowest BCUT2D eigenvalue weighted by atomic mass is 10.2. The number of fused-ring (bicyclic) bond motifs is 1. The van der Waals surface area contributed by atoms with Crippen molar-refractivity contribution in [2.45, 2.75) is 13.2 Å². The van der Waals surface area contributed by atoms with E-state index in [9.17, 15) is 5.21 Å². The first-order valence-corrected chi connectivity index (χ1v) is 6.84. The summed E-state index contributed by atoms with van der Waals surface area (Å²) in [7, 11) is 0. The molecule has 0 spiro atoms. The first-order chi connectivity index (χ1) is 9.74. The minimum atomic E-state index is -0.000521. The minimum Gasteiger partial charge on any atom is -0.618 e. The van der Waals surface area contributed by atoms with Crippen LogP contribution < -0.4 is 9.47 Å². The summed E-state index contributed by atoms with van der Waals surface area (Å²) in [4.78, 5) is 2.24. The SMILES string of the molecule is CC(Oc1ccc2c(ccc[n+]2[O-])c1)N1CCOCC1. The van der Waals surface area contributed by atoms with Crippen molar-refractivity contribution in [3.63, 3.8) is 0 Å². The summed E-state index contributed by atoms with van der Waals surface area (Å²) in [5.41, 5.74) is 0.652. The van der Waals surface area contributed by atoms with E-state index < -0.39 is 0 Å². The van der Waals surface area contributed by atoms with Gasteiger partial charge in [0.2, 0.25) is 5.52 Å². The molecule has 5 heteroatoms. The first kappa shape index (κ1) is 13.1. The molecule has 1 fully saturated rings. The highest BCUT2D eigenvalue weighted by Gasteiger charge is 2.18. The summed E-state index contributed by atoms with van der Waals surface area (Å²) in [5.74, 6) is 0.780. The molecule has 0 aliphatic carbocycles. The molecule has 0 amide bonds. The van der Waals surface area contributed by atoms with E-state index in [1.54, 1.807) is 12.1 Å². The van der Waals surface area contributed by atoms with E-state index in [-0.39, 0.29) is 6.23 Å². The predicted molar refractivity (Wildman–Crippen MR) is 75.4 cm³/mol. The molecule has 106 valence electrons. The molecule has 1 atom stereocenters. The Hall–Kier alpha value is -1.85. The number of pyridine rings is 1. The maximum atomic E-state index is 11.6. The van der Waals surface area contributed by atoms with Crippen LogP contribution in [-0.4, -0.2) is 37.4 Å². The number of hydrogen-bond donors (Lipinski definition) is 0. The van der Waals surface area contributed by atoms with E-state index in [4.69, 9.17) is 9.47 Å². The second kappa shape index (κ2) is 5.64. The molecule has 1 aromatic carbocycles. The van der Waals surface area contributed by atoms with Gasteiger partial charge in [-0.05, 0) is 25.1 Å². The molecule has 0 bridgehead atoms. The van der Waals surface area contributed by atoms with E-state index in [0.29, 0.717) is 5.52 Å². The van der Waals surface area contributed by atoms with Crippen LogP contribution in [0.5, 0.6) is 5.75 Å². The van der Waals surface area contributed by atoms with Gasteiger partial charge in [0, 0.05) is 25.2 Å². The predicted octanol–water partition coefficient (Wildman–Crippen LogP) is 1.53. The third-order valence-electron chi connectivity index (χ3n) is 3.60. The fourth-order valence-corrected chi connectivity index (χ4v) is 2.46. The van der Waals surface area contributed by atoms with Crippen LogP contribution in [0.4, 0.5) is 0 Å². The van der Waals surface area contributed by atoms with E-state index in [2.05, 4.69) is 4.90 Å². The highest BCUT2D eigenvalue weighted by atomic mass is 16.5. The third kappa shape index (κ3) is 2.69. The highest BCUT2D eigenvalue weighted by molar-refractivity contribution is 5.77. The molecular formula is C15H18N2O3. The van der Waals surface area contributed by atoms with E-state index in [0.717, 1.165) is 42.2 Å². The van der Waals surface area contributed by atoms with E-state index >= 15 is 0 Å². The Balaban J connectivity index is 1.77. The second-order valence-corrected chi connectivity index (χ2v) is 4.92. The largest absolute Gasteiger partial charge is 0.618 e. The molecule has 2 heterocycles. The number of benzene rings is 1. The maximum absolute atomic E-state index is 11.6. The van der Waals surface area contributed by atoms with Gasteiger partial charge < -0.3 is 14.7 Å². The van der Waals surface area contributed by atoms with E-state index in [1.165, 1.54) is 6.20 Å². The molecule has 1 unspecified atom stereocenters. The van der Waals surface area contributed by atoms with Crippen molar-refractivity contribution in [1.82, 2.24) is 4.90 Å². The lowest BCUT2D eigenvalue weighted by Crippen LogP contribution is -2.44. The Bertz CT molecular complexity index is 597. The van der Waals surface area contributed by atoms with Crippen LogP contribution in [0.1, 0.15) is 6.92 Å². The fraction of sp³-hybridized carbons (Fsp3) is 0.400.